The lowest BCUT2D eigenvalue weighted by atomic mass is 10.2. The molecule has 26 heavy (non-hydrogen) atoms. The second kappa shape index (κ2) is 8.91. The van der Waals surface area contributed by atoms with Gasteiger partial charge in [-0.2, -0.15) is 0 Å². The zero-order chi connectivity index (χ0) is 18.5. The summed E-state index contributed by atoms with van der Waals surface area (Å²) in [7, 11) is 0. The van der Waals surface area contributed by atoms with E-state index in [2.05, 4.69) is 10.3 Å². The van der Waals surface area contributed by atoms with Crippen LogP contribution in [-0.4, -0.2) is 10.9 Å². The maximum atomic E-state index is 12.3. The summed E-state index contributed by atoms with van der Waals surface area (Å²) in [5, 5.41) is 6.15. The number of nitrogens with zero attached hydrogens (tertiary/aromatic N) is 1. The first kappa shape index (κ1) is 19.2. The van der Waals surface area contributed by atoms with E-state index in [0.717, 1.165) is 32.1 Å². The third kappa shape index (κ3) is 5.48. The Hall–Kier alpha value is -1.53. The molecule has 0 saturated heterocycles. The van der Waals surface area contributed by atoms with Crippen LogP contribution in [0, 0.1) is 6.92 Å². The Labute approximate surface area is 170 Å². The molecule has 3 rings (SSSR count). The normalized spacial score (nSPS) is 10.7. The van der Waals surface area contributed by atoms with E-state index in [1.165, 1.54) is 5.56 Å². The Morgan fingerprint density at radius 1 is 1.15 bits per heavy atom. The van der Waals surface area contributed by atoms with Gasteiger partial charge in [-0.15, -0.1) is 11.3 Å². The number of anilines is 1. The predicted molar refractivity (Wildman–Crippen MR) is 112 cm³/mol. The van der Waals surface area contributed by atoms with Crippen LogP contribution in [0.15, 0.2) is 52.2 Å². The summed E-state index contributed by atoms with van der Waals surface area (Å²) >= 11 is 15.1. The first-order valence-corrected chi connectivity index (χ1v) is 10.5. The number of rotatable bonds is 6. The van der Waals surface area contributed by atoms with Crippen molar-refractivity contribution in [3.63, 3.8) is 0 Å². The highest BCUT2D eigenvalue weighted by Gasteiger charge is 2.10. The van der Waals surface area contributed by atoms with Crippen molar-refractivity contribution in [3.8, 4) is 0 Å². The zero-order valence-corrected chi connectivity index (χ0v) is 17.1. The molecule has 3 nitrogen and oxygen atoms in total. The fourth-order valence-corrected chi connectivity index (χ4v) is 4.35. The number of carbonyl (C=O) groups is 1. The molecule has 1 aromatic heterocycles. The molecule has 0 radical (unpaired) electrons. The van der Waals surface area contributed by atoms with Crippen LogP contribution in [0.1, 0.15) is 16.8 Å². The van der Waals surface area contributed by atoms with E-state index >= 15 is 0 Å². The van der Waals surface area contributed by atoms with Crippen molar-refractivity contribution in [1.29, 1.82) is 0 Å². The summed E-state index contributed by atoms with van der Waals surface area (Å²) in [6.07, 6.45) is 0.240. The van der Waals surface area contributed by atoms with Gasteiger partial charge in [0.1, 0.15) is 4.34 Å². The number of aromatic nitrogens is 1. The lowest BCUT2D eigenvalue weighted by Gasteiger charge is -2.08. The van der Waals surface area contributed by atoms with Crippen LogP contribution >= 0.6 is 46.3 Å². The highest BCUT2D eigenvalue weighted by molar-refractivity contribution is 8.00. The molecule has 0 aliphatic heterocycles. The van der Waals surface area contributed by atoms with Gasteiger partial charge in [0.05, 0.1) is 12.1 Å². The minimum atomic E-state index is -0.102. The maximum absolute atomic E-state index is 12.3. The van der Waals surface area contributed by atoms with Gasteiger partial charge in [-0.25, -0.2) is 4.98 Å². The largest absolute Gasteiger partial charge is 0.325 e. The molecular weight excluding hydrogens is 407 g/mol. The summed E-state index contributed by atoms with van der Waals surface area (Å²) in [6, 6.07) is 13.2. The van der Waals surface area contributed by atoms with Crippen molar-refractivity contribution in [3.05, 3.63) is 74.7 Å². The van der Waals surface area contributed by atoms with Crippen LogP contribution in [0.2, 0.25) is 10.0 Å². The number of carbonyl (C=O) groups excluding carboxylic acids is 1. The molecule has 0 bridgehead atoms. The molecule has 0 fully saturated rings. The van der Waals surface area contributed by atoms with Crippen LogP contribution in [0.25, 0.3) is 0 Å². The van der Waals surface area contributed by atoms with Gasteiger partial charge in [-0.1, -0.05) is 53.2 Å². The number of aryl methyl sites for hydroxylation is 1. The molecule has 2 aromatic carbocycles. The van der Waals surface area contributed by atoms with Gasteiger partial charge in [0, 0.05) is 26.9 Å². The molecule has 0 atom stereocenters. The second-order valence-electron chi connectivity index (χ2n) is 5.70. The van der Waals surface area contributed by atoms with Crippen molar-refractivity contribution in [2.75, 3.05) is 5.32 Å². The molecular formula is C19H16Cl2N2OS2. The number of benzene rings is 2. The van der Waals surface area contributed by atoms with Crippen molar-refractivity contribution >= 4 is 57.9 Å². The van der Waals surface area contributed by atoms with Crippen molar-refractivity contribution in [2.24, 2.45) is 0 Å². The molecule has 0 saturated carbocycles. The smallest absolute Gasteiger partial charge is 0.230 e. The average molecular weight is 423 g/mol. The van der Waals surface area contributed by atoms with E-state index in [1.807, 2.05) is 42.6 Å². The van der Waals surface area contributed by atoms with Gasteiger partial charge in [0.25, 0.3) is 0 Å². The fourth-order valence-electron chi connectivity index (χ4n) is 2.25. The Balaban J connectivity index is 1.55. The Kier molecular flexibility index (Phi) is 6.59. The third-order valence-corrected chi connectivity index (χ3v) is 6.25. The summed E-state index contributed by atoms with van der Waals surface area (Å²) < 4.78 is 0.946. The van der Waals surface area contributed by atoms with Crippen LogP contribution in [0.4, 0.5) is 5.69 Å². The first-order chi connectivity index (χ1) is 12.5. The van der Waals surface area contributed by atoms with E-state index in [4.69, 9.17) is 23.2 Å². The number of thioether (sulfide) groups is 1. The third-order valence-electron chi connectivity index (χ3n) is 3.62. The van der Waals surface area contributed by atoms with E-state index in [0.29, 0.717) is 5.02 Å². The average Bonchev–Trinajstić information content (AvgIpc) is 3.05. The lowest BCUT2D eigenvalue weighted by molar-refractivity contribution is -0.115. The molecule has 1 N–H and O–H groups in total. The number of thiazole rings is 1. The Morgan fingerprint density at radius 3 is 2.65 bits per heavy atom. The SMILES string of the molecule is Cc1ccc(Cl)cc1NC(=O)Cc1csc(SCc2ccc(Cl)cc2)n1. The minimum Gasteiger partial charge on any atom is -0.325 e. The van der Waals surface area contributed by atoms with Gasteiger partial charge < -0.3 is 5.32 Å². The molecule has 0 aliphatic rings. The highest BCUT2D eigenvalue weighted by atomic mass is 35.5. The van der Waals surface area contributed by atoms with Gasteiger partial charge in [-0.05, 0) is 42.3 Å². The number of nitrogens with one attached hydrogen (secondary N) is 1. The molecule has 7 heteroatoms. The highest BCUT2D eigenvalue weighted by Crippen LogP contribution is 2.27. The lowest BCUT2D eigenvalue weighted by Crippen LogP contribution is -2.15. The Morgan fingerprint density at radius 2 is 1.88 bits per heavy atom. The van der Waals surface area contributed by atoms with Crippen molar-refractivity contribution in [2.45, 2.75) is 23.4 Å². The summed E-state index contributed by atoms with van der Waals surface area (Å²) in [4.78, 5) is 16.8. The second-order valence-corrected chi connectivity index (χ2v) is 8.66. The monoisotopic (exact) mass is 422 g/mol. The molecule has 0 aliphatic carbocycles. The quantitative estimate of drug-likeness (QED) is 0.478. The van der Waals surface area contributed by atoms with Crippen LogP contribution in [-0.2, 0) is 17.0 Å². The first-order valence-electron chi connectivity index (χ1n) is 7.87. The van der Waals surface area contributed by atoms with E-state index in [1.54, 1.807) is 35.2 Å². The van der Waals surface area contributed by atoms with Crippen LogP contribution < -0.4 is 5.32 Å². The van der Waals surface area contributed by atoms with Crippen molar-refractivity contribution in [1.82, 2.24) is 4.98 Å². The minimum absolute atomic E-state index is 0.102. The molecule has 1 heterocycles. The van der Waals surface area contributed by atoms with Gasteiger partial charge in [-0.3, -0.25) is 4.79 Å². The zero-order valence-electron chi connectivity index (χ0n) is 14.0. The number of hydrogen-bond acceptors (Lipinski definition) is 4. The maximum Gasteiger partial charge on any atom is 0.230 e. The number of amides is 1. The predicted octanol–water partition coefficient (Wildman–Crippen LogP) is 6.23. The van der Waals surface area contributed by atoms with Gasteiger partial charge in [0.2, 0.25) is 5.91 Å². The molecule has 134 valence electrons. The molecule has 3 aromatic rings. The topological polar surface area (TPSA) is 42.0 Å². The van der Waals surface area contributed by atoms with Gasteiger partial charge in [0.15, 0.2) is 0 Å². The number of hydrogen-bond donors (Lipinski definition) is 1. The Bertz CT molecular complexity index is 910. The van der Waals surface area contributed by atoms with Gasteiger partial charge >= 0.3 is 0 Å². The summed E-state index contributed by atoms with van der Waals surface area (Å²) in [5.41, 5.74) is 3.66. The molecule has 0 spiro atoms. The van der Waals surface area contributed by atoms with Crippen molar-refractivity contribution < 1.29 is 4.79 Å². The summed E-state index contributed by atoms with van der Waals surface area (Å²) in [6.45, 7) is 1.93. The van der Waals surface area contributed by atoms with Crippen LogP contribution in [0.3, 0.4) is 0 Å². The standard InChI is InChI=1S/C19H16Cl2N2OS2/c1-12-2-5-15(21)8-17(12)23-18(24)9-16-11-26-19(22-16)25-10-13-3-6-14(20)7-4-13/h2-8,11H,9-10H2,1H3,(H,23,24). The molecule has 1 amide bonds. The number of halogens is 2. The van der Waals surface area contributed by atoms with E-state index in [-0.39, 0.29) is 12.3 Å². The fraction of sp³-hybridized carbons (Fsp3) is 0.158. The van der Waals surface area contributed by atoms with E-state index in [9.17, 15) is 4.79 Å². The van der Waals surface area contributed by atoms with E-state index < -0.39 is 0 Å². The van der Waals surface area contributed by atoms with Crippen LogP contribution in [0.5, 0.6) is 0 Å². The molecule has 0 unspecified atom stereocenters. The summed E-state index contributed by atoms with van der Waals surface area (Å²) in [5.74, 6) is 0.716.